The maximum Gasteiger partial charge on any atom is 0.265 e. The molecule has 0 fully saturated rings. The van der Waals surface area contributed by atoms with E-state index < -0.39 is 56.6 Å². The molecular formula is C28H33F2NO8S2. The van der Waals surface area contributed by atoms with Gasteiger partial charge in [0.1, 0.15) is 24.8 Å². The van der Waals surface area contributed by atoms with Gasteiger partial charge in [-0.1, -0.05) is 47.1 Å². The Morgan fingerprint density at radius 2 is 1.17 bits per heavy atom. The topological polar surface area (TPSA) is 140 Å². The van der Waals surface area contributed by atoms with Gasteiger partial charge in [-0.2, -0.15) is 8.42 Å². The lowest BCUT2D eigenvalue weighted by Crippen LogP contribution is -2.24. The molecular weight excluding hydrogens is 580 g/mol. The van der Waals surface area contributed by atoms with Crippen molar-refractivity contribution in [2.45, 2.75) is 23.7 Å². The van der Waals surface area contributed by atoms with Gasteiger partial charge in [-0.05, 0) is 54.4 Å². The Balaban J connectivity index is 0.000000317. The van der Waals surface area contributed by atoms with Gasteiger partial charge < -0.3 is 14.7 Å². The molecule has 0 saturated carbocycles. The highest BCUT2D eigenvalue weighted by atomic mass is 32.2. The lowest BCUT2D eigenvalue weighted by atomic mass is 9.84. The van der Waals surface area contributed by atoms with Crippen LogP contribution in [0.5, 0.6) is 11.5 Å². The summed E-state index contributed by atoms with van der Waals surface area (Å²) < 4.78 is 90.2. The summed E-state index contributed by atoms with van der Waals surface area (Å²) in [6.45, 7) is 0.200. The van der Waals surface area contributed by atoms with Crippen molar-refractivity contribution in [2.24, 2.45) is 5.16 Å². The first-order valence-corrected chi connectivity index (χ1v) is 15.5. The van der Waals surface area contributed by atoms with Crippen molar-refractivity contribution in [2.75, 3.05) is 39.1 Å². The van der Waals surface area contributed by atoms with E-state index in [2.05, 4.69) is 5.16 Å². The van der Waals surface area contributed by atoms with E-state index in [1.54, 1.807) is 60.7 Å². The fourth-order valence-electron chi connectivity index (χ4n) is 3.81. The predicted molar refractivity (Wildman–Crippen MR) is 152 cm³/mol. The number of hydrogen-bond donors (Lipinski definition) is 2. The average molecular weight is 614 g/mol. The standard InChI is InChI=1S/C19H21F2NO3.C9H12O5S2/c1-24-15-7-3-13(4-8-15)17(11-20)19(22-23)18(12-21)14-5-9-16(25-2)10-6-14;1-8-2-4-9(5-3-8)15(10,11)6-7-16(12,13)14/h3-10,17-18,23H,11-12H2,1-2H3;2-5H,6-7H2,1H3,(H,12,13,14). The van der Waals surface area contributed by atoms with Gasteiger partial charge >= 0.3 is 0 Å². The van der Waals surface area contributed by atoms with Crippen LogP contribution in [-0.2, 0) is 20.0 Å². The number of halogens is 2. The molecule has 9 nitrogen and oxygen atoms in total. The van der Waals surface area contributed by atoms with Crippen molar-refractivity contribution in [1.29, 1.82) is 0 Å². The van der Waals surface area contributed by atoms with Crippen LogP contribution in [0, 0.1) is 6.92 Å². The fraction of sp³-hybridized carbons (Fsp3) is 0.321. The van der Waals surface area contributed by atoms with E-state index in [1.807, 2.05) is 6.92 Å². The summed E-state index contributed by atoms with van der Waals surface area (Å²) in [7, 11) is -4.84. The molecule has 0 aliphatic carbocycles. The molecule has 41 heavy (non-hydrogen) atoms. The number of alkyl halides is 2. The van der Waals surface area contributed by atoms with E-state index in [9.17, 15) is 30.8 Å². The molecule has 0 saturated heterocycles. The van der Waals surface area contributed by atoms with Crippen LogP contribution in [0.1, 0.15) is 28.5 Å². The predicted octanol–water partition coefficient (Wildman–Crippen LogP) is 5.00. The van der Waals surface area contributed by atoms with E-state index in [0.29, 0.717) is 22.6 Å². The van der Waals surface area contributed by atoms with Crippen molar-refractivity contribution < 1.29 is 44.9 Å². The van der Waals surface area contributed by atoms with Crippen molar-refractivity contribution in [3.63, 3.8) is 0 Å². The van der Waals surface area contributed by atoms with Gasteiger partial charge in [-0.15, -0.1) is 0 Å². The van der Waals surface area contributed by atoms with Gasteiger partial charge in [-0.3, -0.25) is 13.3 Å². The molecule has 2 N–H and O–H groups in total. The van der Waals surface area contributed by atoms with Crippen LogP contribution in [0.25, 0.3) is 0 Å². The SMILES string of the molecule is COc1ccc(C(CF)C(=NO)C(CF)c2ccc(OC)cc2)cc1.Cc1ccc(S(=O)(=O)CCS(=O)(=O)O)cc1. The molecule has 224 valence electrons. The minimum absolute atomic E-state index is 0.0420. The van der Waals surface area contributed by atoms with Gasteiger partial charge in [-0.25, -0.2) is 8.42 Å². The quantitative estimate of drug-likeness (QED) is 0.126. The van der Waals surface area contributed by atoms with Gasteiger partial charge in [0.15, 0.2) is 9.84 Å². The molecule has 0 aromatic heterocycles. The molecule has 0 aliphatic rings. The minimum Gasteiger partial charge on any atom is -0.497 e. The Morgan fingerprint density at radius 3 is 1.49 bits per heavy atom. The third-order valence-electron chi connectivity index (χ3n) is 6.16. The summed E-state index contributed by atoms with van der Waals surface area (Å²) in [4.78, 5) is 0.0572. The molecule has 3 aromatic carbocycles. The van der Waals surface area contributed by atoms with E-state index >= 15 is 0 Å². The average Bonchev–Trinajstić information content (AvgIpc) is 2.97. The van der Waals surface area contributed by atoms with Crippen LogP contribution >= 0.6 is 0 Å². The first kappa shape index (κ1) is 33.7. The Bertz CT molecular complexity index is 1420. The summed E-state index contributed by atoms with van der Waals surface area (Å²) in [5.41, 5.74) is 2.13. The van der Waals surface area contributed by atoms with E-state index in [4.69, 9.17) is 14.0 Å². The molecule has 3 aromatic rings. The largest absolute Gasteiger partial charge is 0.497 e. The summed E-state index contributed by atoms with van der Waals surface area (Å²) in [5, 5.41) is 12.7. The fourth-order valence-corrected chi connectivity index (χ4v) is 6.32. The third kappa shape index (κ3) is 10.1. The minimum atomic E-state index is -4.25. The highest BCUT2D eigenvalue weighted by molar-refractivity contribution is 7.93. The van der Waals surface area contributed by atoms with Crippen molar-refractivity contribution in [3.05, 3.63) is 89.5 Å². The van der Waals surface area contributed by atoms with Crippen LogP contribution in [0.15, 0.2) is 82.8 Å². The van der Waals surface area contributed by atoms with Crippen molar-refractivity contribution in [1.82, 2.24) is 0 Å². The van der Waals surface area contributed by atoms with Crippen LogP contribution in [0.3, 0.4) is 0 Å². The molecule has 0 aliphatic heterocycles. The molecule has 0 spiro atoms. The normalized spacial score (nSPS) is 12.8. The second-order valence-electron chi connectivity index (χ2n) is 8.90. The zero-order chi connectivity index (χ0) is 30.6. The van der Waals surface area contributed by atoms with Crippen LogP contribution in [0.2, 0.25) is 0 Å². The molecule has 3 rings (SSSR count). The summed E-state index contributed by atoms with van der Waals surface area (Å²) in [6, 6.07) is 19.5. The van der Waals surface area contributed by atoms with Crippen molar-refractivity contribution >= 4 is 25.7 Å². The Hall–Kier alpha value is -3.55. The molecule has 13 heteroatoms. The number of hydrogen-bond acceptors (Lipinski definition) is 8. The maximum atomic E-state index is 13.7. The van der Waals surface area contributed by atoms with Crippen molar-refractivity contribution in [3.8, 4) is 11.5 Å². The lowest BCUT2D eigenvalue weighted by molar-refractivity contribution is 0.309. The molecule has 0 amide bonds. The number of methoxy groups -OCH3 is 2. The smallest absolute Gasteiger partial charge is 0.265 e. The zero-order valence-electron chi connectivity index (χ0n) is 22.8. The number of benzene rings is 3. The monoisotopic (exact) mass is 613 g/mol. The number of nitrogens with zero attached hydrogens (tertiary/aromatic N) is 1. The summed E-state index contributed by atoms with van der Waals surface area (Å²) >= 11 is 0. The van der Waals surface area contributed by atoms with E-state index in [0.717, 1.165) is 5.56 Å². The Kier molecular flexibility index (Phi) is 12.7. The Morgan fingerprint density at radius 1 is 0.756 bits per heavy atom. The van der Waals surface area contributed by atoms with Gasteiger partial charge in [0.2, 0.25) is 0 Å². The van der Waals surface area contributed by atoms with E-state index in [1.165, 1.54) is 26.4 Å². The first-order valence-electron chi connectivity index (χ1n) is 12.2. The number of aryl methyl sites for hydroxylation is 1. The number of rotatable bonds is 12. The lowest BCUT2D eigenvalue weighted by Gasteiger charge is -2.22. The third-order valence-corrected chi connectivity index (χ3v) is 8.88. The van der Waals surface area contributed by atoms with Gasteiger partial charge in [0.25, 0.3) is 10.1 Å². The second-order valence-corrected chi connectivity index (χ2v) is 12.6. The first-order chi connectivity index (χ1) is 19.4. The Labute approximate surface area is 239 Å². The van der Waals surface area contributed by atoms with Crippen LogP contribution < -0.4 is 9.47 Å². The number of ether oxygens (including phenoxy) is 2. The highest BCUT2D eigenvalue weighted by Gasteiger charge is 2.28. The summed E-state index contributed by atoms with van der Waals surface area (Å²) in [6.07, 6.45) is 0. The zero-order valence-corrected chi connectivity index (χ0v) is 24.4. The number of oxime groups is 1. The number of sulfone groups is 1. The van der Waals surface area contributed by atoms with E-state index in [-0.39, 0.29) is 10.6 Å². The second kappa shape index (κ2) is 15.5. The van der Waals surface area contributed by atoms with Gasteiger partial charge in [0, 0.05) is 0 Å². The van der Waals surface area contributed by atoms with Crippen LogP contribution in [0.4, 0.5) is 8.78 Å². The molecule has 0 heterocycles. The molecule has 2 unspecified atom stereocenters. The maximum absolute atomic E-state index is 13.7. The molecule has 0 radical (unpaired) electrons. The van der Waals surface area contributed by atoms with Crippen LogP contribution in [-0.4, -0.2) is 71.4 Å². The van der Waals surface area contributed by atoms with Gasteiger partial charge in [0.05, 0.1) is 48.2 Å². The molecule has 2 atom stereocenters. The summed E-state index contributed by atoms with van der Waals surface area (Å²) in [5.74, 6) is -1.85. The highest BCUT2D eigenvalue weighted by Crippen LogP contribution is 2.30. The molecule has 0 bridgehead atoms.